The van der Waals surface area contributed by atoms with Crippen molar-refractivity contribution in [3.8, 4) is 11.5 Å². The van der Waals surface area contributed by atoms with Gasteiger partial charge in [0.05, 0.1) is 11.5 Å². The van der Waals surface area contributed by atoms with Gasteiger partial charge in [-0.3, -0.25) is 19.3 Å². The predicted molar refractivity (Wildman–Crippen MR) is 116 cm³/mol. The second kappa shape index (κ2) is 9.82. The van der Waals surface area contributed by atoms with Crippen LogP contribution in [0.2, 0.25) is 0 Å². The number of aliphatic carboxylic acids is 1. The standard InChI is InChI=1S/C21H18BrNO6S/c1-2-28-17-9-14(10-18-20(26)23(11-19(24)25)21(27)30-18)5-8-16(17)29-12-13-3-6-15(22)7-4-13/h3-10H,2,11-12H2,1H3,(H,24,25)/b18-10+. The van der Waals surface area contributed by atoms with Crippen LogP contribution in [0.4, 0.5) is 4.79 Å². The van der Waals surface area contributed by atoms with Gasteiger partial charge in [0.25, 0.3) is 11.1 Å². The fourth-order valence-electron chi connectivity index (χ4n) is 2.67. The number of amides is 2. The van der Waals surface area contributed by atoms with E-state index in [2.05, 4.69) is 15.9 Å². The quantitative estimate of drug-likeness (QED) is 0.541. The van der Waals surface area contributed by atoms with Crippen LogP contribution in [0.25, 0.3) is 6.08 Å². The summed E-state index contributed by atoms with van der Waals surface area (Å²) in [7, 11) is 0. The highest BCUT2D eigenvalue weighted by molar-refractivity contribution is 9.10. The van der Waals surface area contributed by atoms with Crippen molar-refractivity contribution >= 4 is 50.9 Å². The molecule has 0 bridgehead atoms. The zero-order valence-electron chi connectivity index (χ0n) is 16.0. The Morgan fingerprint density at radius 3 is 2.53 bits per heavy atom. The van der Waals surface area contributed by atoms with Crippen molar-refractivity contribution in [3.05, 3.63) is 63.0 Å². The van der Waals surface area contributed by atoms with Crippen molar-refractivity contribution < 1.29 is 29.0 Å². The van der Waals surface area contributed by atoms with E-state index >= 15 is 0 Å². The minimum absolute atomic E-state index is 0.159. The maximum Gasteiger partial charge on any atom is 0.323 e. The SMILES string of the molecule is CCOc1cc(/C=C2/SC(=O)N(CC(=O)O)C2=O)ccc1OCc1ccc(Br)cc1. The van der Waals surface area contributed by atoms with Gasteiger partial charge in [0, 0.05) is 4.47 Å². The van der Waals surface area contributed by atoms with Gasteiger partial charge >= 0.3 is 5.97 Å². The molecular formula is C21H18BrNO6S. The number of hydrogen-bond donors (Lipinski definition) is 1. The molecule has 156 valence electrons. The van der Waals surface area contributed by atoms with Crippen molar-refractivity contribution in [1.29, 1.82) is 0 Å². The number of carbonyl (C=O) groups is 3. The van der Waals surface area contributed by atoms with E-state index in [1.165, 1.54) is 6.08 Å². The second-order valence-electron chi connectivity index (χ2n) is 6.22. The maximum absolute atomic E-state index is 12.3. The van der Waals surface area contributed by atoms with Gasteiger partial charge in [-0.05, 0) is 60.2 Å². The van der Waals surface area contributed by atoms with E-state index in [1.807, 2.05) is 31.2 Å². The Kier molecular flexibility index (Phi) is 7.17. The van der Waals surface area contributed by atoms with Crippen LogP contribution in [-0.4, -0.2) is 40.3 Å². The molecule has 2 amide bonds. The summed E-state index contributed by atoms with van der Waals surface area (Å²) in [5, 5.41) is 8.25. The van der Waals surface area contributed by atoms with Crippen LogP contribution in [0.3, 0.4) is 0 Å². The van der Waals surface area contributed by atoms with Crippen molar-refractivity contribution in [2.45, 2.75) is 13.5 Å². The first-order valence-corrected chi connectivity index (χ1v) is 10.6. The average molecular weight is 492 g/mol. The molecule has 0 saturated carbocycles. The largest absolute Gasteiger partial charge is 0.490 e. The van der Waals surface area contributed by atoms with Crippen LogP contribution in [-0.2, 0) is 16.2 Å². The van der Waals surface area contributed by atoms with Gasteiger partial charge in [-0.15, -0.1) is 0 Å². The smallest absolute Gasteiger partial charge is 0.323 e. The summed E-state index contributed by atoms with van der Waals surface area (Å²) in [5.74, 6) is -0.811. The Morgan fingerprint density at radius 2 is 1.87 bits per heavy atom. The lowest BCUT2D eigenvalue weighted by atomic mass is 10.1. The van der Waals surface area contributed by atoms with Crippen LogP contribution < -0.4 is 9.47 Å². The summed E-state index contributed by atoms with van der Waals surface area (Å²) in [6.07, 6.45) is 1.54. The summed E-state index contributed by atoms with van der Waals surface area (Å²) < 4.78 is 12.5. The molecule has 1 N–H and O–H groups in total. The molecule has 1 fully saturated rings. The topological polar surface area (TPSA) is 93.1 Å². The van der Waals surface area contributed by atoms with Crippen LogP contribution >= 0.6 is 27.7 Å². The molecule has 9 heteroatoms. The van der Waals surface area contributed by atoms with Crippen molar-refractivity contribution in [2.24, 2.45) is 0 Å². The number of nitrogens with zero attached hydrogens (tertiary/aromatic N) is 1. The van der Waals surface area contributed by atoms with Crippen molar-refractivity contribution in [3.63, 3.8) is 0 Å². The lowest BCUT2D eigenvalue weighted by molar-refractivity contribution is -0.140. The highest BCUT2D eigenvalue weighted by Crippen LogP contribution is 2.34. The van der Waals surface area contributed by atoms with Gasteiger partial charge in [-0.25, -0.2) is 0 Å². The van der Waals surface area contributed by atoms with E-state index in [-0.39, 0.29) is 4.91 Å². The molecule has 0 unspecified atom stereocenters. The Hall–Kier alpha value is -2.78. The molecule has 7 nitrogen and oxygen atoms in total. The van der Waals surface area contributed by atoms with E-state index in [9.17, 15) is 14.4 Å². The normalized spacial score (nSPS) is 15.0. The third kappa shape index (κ3) is 5.43. The average Bonchev–Trinajstić information content (AvgIpc) is 2.96. The molecule has 1 heterocycles. The van der Waals surface area contributed by atoms with Crippen molar-refractivity contribution in [2.75, 3.05) is 13.2 Å². The molecule has 3 rings (SSSR count). The number of thioether (sulfide) groups is 1. The van der Waals surface area contributed by atoms with Crippen molar-refractivity contribution in [1.82, 2.24) is 4.90 Å². The zero-order valence-corrected chi connectivity index (χ0v) is 18.4. The molecule has 30 heavy (non-hydrogen) atoms. The van der Waals surface area contributed by atoms with E-state index in [4.69, 9.17) is 14.6 Å². The molecule has 0 radical (unpaired) electrons. The maximum atomic E-state index is 12.3. The van der Waals surface area contributed by atoms with Crippen LogP contribution in [0, 0.1) is 0 Å². The summed E-state index contributed by atoms with van der Waals surface area (Å²) in [6, 6.07) is 13.0. The second-order valence-corrected chi connectivity index (χ2v) is 8.12. The molecule has 0 spiro atoms. The summed E-state index contributed by atoms with van der Waals surface area (Å²) in [6.45, 7) is 1.98. The number of hydrogen-bond acceptors (Lipinski definition) is 6. The number of imide groups is 1. The lowest BCUT2D eigenvalue weighted by Crippen LogP contribution is -2.33. The minimum atomic E-state index is -1.25. The Labute approximate surface area is 185 Å². The first-order valence-electron chi connectivity index (χ1n) is 8.98. The van der Waals surface area contributed by atoms with Gasteiger partial charge in [0.2, 0.25) is 0 Å². The number of halogens is 1. The molecular weight excluding hydrogens is 474 g/mol. The molecule has 0 aliphatic carbocycles. The van der Waals surface area contributed by atoms with Gasteiger partial charge in [-0.1, -0.05) is 34.1 Å². The zero-order chi connectivity index (χ0) is 21.7. The summed E-state index contributed by atoms with van der Waals surface area (Å²) in [5.41, 5.74) is 1.63. The first kappa shape index (κ1) is 21.9. The molecule has 1 aliphatic rings. The number of ether oxygens (including phenoxy) is 2. The summed E-state index contributed by atoms with van der Waals surface area (Å²) in [4.78, 5) is 35.9. The van der Waals surface area contributed by atoms with Gasteiger partial charge in [-0.2, -0.15) is 0 Å². The third-order valence-corrected chi connectivity index (χ3v) is 5.48. The number of carboxylic acid groups (broad SMARTS) is 1. The van der Waals surface area contributed by atoms with Gasteiger partial charge < -0.3 is 14.6 Å². The van der Waals surface area contributed by atoms with Crippen LogP contribution in [0.5, 0.6) is 11.5 Å². The molecule has 0 aromatic heterocycles. The molecule has 2 aromatic rings. The van der Waals surface area contributed by atoms with E-state index in [1.54, 1.807) is 18.2 Å². The number of benzene rings is 2. The monoisotopic (exact) mass is 491 g/mol. The molecule has 1 aliphatic heterocycles. The Morgan fingerprint density at radius 1 is 1.13 bits per heavy atom. The number of carbonyl (C=O) groups excluding carboxylic acids is 2. The fraction of sp³-hybridized carbons (Fsp3) is 0.190. The first-order chi connectivity index (χ1) is 14.4. The number of rotatable bonds is 8. The highest BCUT2D eigenvalue weighted by atomic mass is 79.9. The molecule has 1 saturated heterocycles. The number of carboxylic acids is 1. The van der Waals surface area contributed by atoms with Gasteiger partial charge in [0.1, 0.15) is 13.2 Å². The van der Waals surface area contributed by atoms with Gasteiger partial charge in [0.15, 0.2) is 11.5 Å². The summed E-state index contributed by atoms with van der Waals surface area (Å²) >= 11 is 4.11. The van der Waals surface area contributed by atoms with E-state index in [0.717, 1.165) is 10.0 Å². The van der Waals surface area contributed by atoms with Crippen LogP contribution in [0.1, 0.15) is 18.1 Å². The third-order valence-electron chi connectivity index (χ3n) is 4.04. The Bertz CT molecular complexity index is 1010. The molecule has 2 aromatic carbocycles. The van der Waals surface area contributed by atoms with Crippen LogP contribution in [0.15, 0.2) is 51.8 Å². The molecule has 0 atom stereocenters. The van der Waals surface area contributed by atoms with E-state index in [0.29, 0.717) is 46.9 Å². The predicted octanol–water partition coefficient (Wildman–Crippen LogP) is 4.55. The highest BCUT2D eigenvalue weighted by Gasteiger charge is 2.36. The fourth-order valence-corrected chi connectivity index (χ4v) is 3.77. The minimum Gasteiger partial charge on any atom is -0.490 e. The lowest BCUT2D eigenvalue weighted by Gasteiger charge is -2.13. The van der Waals surface area contributed by atoms with E-state index < -0.39 is 23.7 Å². The Balaban J connectivity index is 1.78.